The van der Waals surface area contributed by atoms with Crippen molar-refractivity contribution >= 4 is 11.7 Å². The molecule has 2 saturated carbocycles. The van der Waals surface area contributed by atoms with E-state index < -0.39 is 0 Å². The number of amides is 1. The van der Waals surface area contributed by atoms with Gasteiger partial charge in [0.05, 0.1) is 6.61 Å². The number of rotatable bonds is 8. The number of Topliss-reactive ketones (excluding diaryl/α,β-unsaturated/α-hetero) is 1. The lowest BCUT2D eigenvalue weighted by atomic mass is 9.84. The molecule has 4 heteroatoms. The zero-order chi connectivity index (χ0) is 17.8. The van der Waals surface area contributed by atoms with Crippen LogP contribution in [-0.4, -0.2) is 24.3 Å². The van der Waals surface area contributed by atoms with Gasteiger partial charge in [0.2, 0.25) is 5.91 Å². The maximum atomic E-state index is 12.2. The highest BCUT2D eigenvalue weighted by Crippen LogP contribution is 2.49. The number of hydrogen-bond donors (Lipinski definition) is 1. The molecular weight excluding hydrogens is 314 g/mol. The van der Waals surface area contributed by atoms with E-state index in [1.165, 1.54) is 25.7 Å². The van der Waals surface area contributed by atoms with Crippen LogP contribution >= 0.6 is 0 Å². The van der Waals surface area contributed by atoms with E-state index in [0.29, 0.717) is 18.1 Å². The molecule has 2 aliphatic rings. The molecule has 3 rings (SSSR count). The van der Waals surface area contributed by atoms with Crippen LogP contribution in [0.15, 0.2) is 24.3 Å². The Labute approximate surface area is 150 Å². The molecule has 0 radical (unpaired) electrons. The van der Waals surface area contributed by atoms with Crippen molar-refractivity contribution in [1.29, 1.82) is 0 Å². The van der Waals surface area contributed by atoms with Crippen molar-refractivity contribution in [3.8, 4) is 5.75 Å². The van der Waals surface area contributed by atoms with Gasteiger partial charge in [-0.25, -0.2) is 0 Å². The lowest BCUT2D eigenvalue weighted by Gasteiger charge is -2.28. The fourth-order valence-corrected chi connectivity index (χ4v) is 4.61. The maximum absolute atomic E-state index is 12.2. The molecule has 0 spiro atoms. The van der Waals surface area contributed by atoms with E-state index in [1.807, 2.05) is 6.92 Å². The van der Waals surface area contributed by atoms with Crippen molar-refractivity contribution in [3.63, 3.8) is 0 Å². The Morgan fingerprint density at radius 2 is 1.92 bits per heavy atom. The summed E-state index contributed by atoms with van der Waals surface area (Å²) in [6.07, 6.45) is 5.82. The standard InChI is InChI=1S/C21H29NO3/c1-3-25-18-8-6-16(7-9-18)20(23)10-11-21(24)22-14(2)19-13-15-4-5-17(19)12-15/h6-9,14-15,17,19H,3-5,10-13H2,1-2H3,(H,22,24). The zero-order valence-electron chi connectivity index (χ0n) is 15.3. The maximum Gasteiger partial charge on any atom is 0.220 e. The summed E-state index contributed by atoms with van der Waals surface area (Å²) in [4.78, 5) is 24.5. The molecule has 4 nitrogen and oxygen atoms in total. The van der Waals surface area contributed by atoms with Gasteiger partial charge in [0.25, 0.3) is 0 Å². The molecule has 2 bridgehead atoms. The summed E-state index contributed by atoms with van der Waals surface area (Å²) < 4.78 is 5.38. The molecule has 1 amide bonds. The molecule has 4 atom stereocenters. The van der Waals surface area contributed by atoms with Crippen molar-refractivity contribution in [3.05, 3.63) is 29.8 Å². The largest absolute Gasteiger partial charge is 0.494 e. The van der Waals surface area contributed by atoms with Crippen molar-refractivity contribution in [2.24, 2.45) is 17.8 Å². The summed E-state index contributed by atoms with van der Waals surface area (Å²) in [6.45, 7) is 4.65. The molecule has 0 aliphatic heterocycles. The third-order valence-corrected chi connectivity index (χ3v) is 5.89. The molecule has 136 valence electrons. The normalized spacial score (nSPS) is 25.6. The monoisotopic (exact) mass is 343 g/mol. The van der Waals surface area contributed by atoms with Gasteiger partial charge in [0.1, 0.15) is 5.75 Å². The fraction of sp³-hybridized carbons (Fsp3) is 0.619. The third kappa shape index (κ3) is 4.42. The highest BCUT2D eigenvalue weighted by Gasteiger charge is 2.42. The minimum absolute atomic E-state index is 0.00504. The second-order valence-electron chi connectivity index (χ2n) is 7.58. The van der Waals surface area contributed by atoms with E-state index in [4.69, 9.17) is 4.74 Å². The average molecular weight is 343 g/mol. The van der Waals surface area contributed by atoms with E-state index in [-0.39, 0.29) is 30.6 Å². The summed E-state index contributed by atoms with van der Waals surface area (Å²) in [7, 11) is 0. The predicted molar refractivity (Wildman–Crippen MR) is 97.7 cm³/mol. The van der Waals surface area contributed by atoms with Crippen LogP contribution in [0.4, 0.5) is 0 Å². The lowest BCUT2D eigenvalue weighted by molar-refractivity contribution is -0.122. The summed E-state index contributed by atoms with van der Waals surface area (Å²) >= 11 is 0. The van der Waals surface area contributed by atoms with Gasteiger partial charge in [-0.15, -0.1) is 0 Å². The van der Waals surface area contributed by atoms with Crippen molar-refractivity contribution in [2.75, 3.05) is 6.61 Å². The minimum atomic E-state index is -0.00504. The van der Waals surface area contributed by atoms with Crippen molar-refractivity contribution < 1.29 is 14.3 Å². The van der Waals surface area contributed by atoms with Crippen LogP contribution < -0.4 is 10.1 Å². The second-order valence-corrected chi connectivity index (χ2v) is 7.58. The van der Waals surface area contributed by atoms with Gasteiger partial charge in [-0.1, -0.05) is 6.42 Å². The van der Waals surface area contributed by atoms with Gasteiger partial charge >= 0.3 is 0 Å². The highest BCUT2D eigenvalue weighted by molar-refractivity contribution is 5.98. The smallest absolute Gasteiger partial charge is 0.220 e. The van der Waals surface area contributed by atoms with E-state index >= 15 is 0 Å². The molecule has 2 fully saturated rings. The Bertz CT molecular complexity index is 610. The molecule has 1 N–H and O–H groups in total. The van der Waals surface area contributed by atoms with Crippen LogP contribution in [0.2, 0.25) is 0 Å². The Hall–Kier alpha value is -1.84. The molecular formula is C21H29NO3. The number of fused-ring (bicyclic) bond motifs is 2. The van der Waals surface area contributed by atoms with Crippen LogP contribution in [-0.2, 0) is 4.79 Å². The first kappa shape index (κ1) is 18.0. The Kier molecular flexibility index (Phi) is 5.77. The predicted octanol–water partition coefficient (Wildman–Crippen LogP) is 3.99. The topological polar surface area (TPSA) is 55.4 Å². The summed E-state index contributed by atoms with van der Waals surface area (Å²) in [5, 5.41) is 3.13. The lowest BCUT2D eigenvalue weighted by Crippen LogP contribution is -2.40. The number of carbonyl (C=O) groups is 2. The van der Waals surface area contributed by atoms with Crippen molar-refractivity contribution in [1.82, 2.24) is 5.32 Å². The molecule has 25 heavy (non-hydrogen) atoms. The van der Waals surface area contributed by atoms with E-state index in [2.05, 4.69) is 12.2 Å². The minimum Gasteiger partial charge on any atom is -0.494 e. The molecule has 0 aromatic heterocycles. The summed E-state index contributed by atoms with van der Waals surface area (Å²) in [6, 6.07) is 7.36. The van der Waals surface area contributed by atoms with E-state index in [0.717, 1.165) is 17.6 Å². The number of hydrogen-bond acceptors (Lipinski definition) is 3. The van der Waals surface area contributed by atoms with E-state index in [1.54, 1.807) is 24.3 Å². The first-order valence-corrected chi connectivity index (χ1v) is 9.62. The average Bonchev–Trinajstić information content (AvgIpc) is 3.24. The van der Waals surface area contributed by atoms with Gasteiger partial charge in [-0.2, -0.15) is 0 Å². The number of carbonyl (C=O) groups excluding carboxylic acids is 2. The van der Waals surface area contributed by atoms with Gasteiger partial charge in [-0.3, -0.25) is 9.59 Å². The third-order valence-electron chi connectivity index (χ3n) is 5.89. The van der Waals surface area contributed by atoms with Gasteiger partial charge in [0, 0.05) is 24.4 Å². The number of benzene rings is 1. The Balaban J connectivity index is 1.43. The van der Waals surface area contributed by atoms with Crippen LogP contribution in [0, 0.1) is 17.8 Å². The molecule has 4 unspecified atom stereocenters. The highest BCUT2D eigenvalue weighted by atomic mass is 16.5. The molecule has 0 heterocycles. The fourth-order valence-electron chi connectivity index (χ4n) is 4.61. The summed E-state index contributed by atoms with van der Waals surface area (Å²) in [5.74, 6) is 3.07. The second kappa shape index (κ2) is 8.03. The SMILES string of the molecule is CCOc1ccc(C(=O)CCC(=O)NC(C)C2CC3CCC2C3)cc1. The summed E-state index contributed by atoms with van der Waals surface area (Å²) in [5.41, 5.74) is 0.636. The number of ether oxygens (including phenoxy) is 1. The molecule has 1 aromatic rings. The van der Waals surface area contributed by atoms with Gasteiger partial charge < -0.3 is 10.1 Å². The number of ketones is 1. The quantitative estimate of drug-likeness (QED) is 0.726. The van der Waals surface area contributed by atoms with Crippen LogP contribution in [0.5, 0.6) is 5.75 Å². The Morgan fingerprint density at radius 3 is 2.52 bits per heavy atom. The van der Waals surface area contributed by atoms with Gasteiger partial charge in [0.15, 0.2) is 5.78 Å². The van der Waals surface area contributed by atoms with Gasteiger partial charge in [-0.05, 0) is 75.1 Å². The first-order valence-electron chi connectivity index (χ1n) is 9.62. The Morgan fingerprint density at radius 1 is 1.16 bits per heavy atom. The van der Waals surface area contributed by atoms with Crippen LogP contribution in [0.25, 0.3) is 0 Å². The first-order chi connectivity index (χ1) is 12.1. The van der Waals surface area contributed by atoms with Crippen LogP contribution in [0.3, 0.4) is 0 Å². The molecule has 1 aromatic carbocycles. The molecule has 2 aliphatic carbocycles. The van der Waals surface area contributed by atoms with Crippen molar-refractivity contribution in [2.45, 2.75) is 58.4 Å². The van der Waals surface area contributed by atoms with E-state index in [9.17, 15) is 9.59 Å². The number of nitrogens with one attached hydrogen (secondary N) is 1. The zero-order valence-corrected chi connectivity index (χ0v) is 15.3. The van der Waals surface area contributed by atoms with Crippen LogP contribution in [0.1, 0.15) is 62.7 Å². The molecule has 0 saturated heterocycles.